The van der Waals surface area contributed by atoms with E-state index < -0.39 is 5.95 Å². The third-order valence-corrected chi connectivity index (χ3v) is 4.24. The van der Waals surface area contributed by atoms with Crippen molar-refractivity contribution in [3.63, 3.8) is 0 Å². The fraction of sp³-hybridized carbons (Fsp3) is 0.0909. The number of pyridine rings is 3. The van der Waals surface area contributed by atoms with E-state index in [0.717, 1.165) is 16.6 Å². The van der Waals surface area contributed by atoms with Gasteiger partial charge < -0.3 is 10.1 Å². The van der Waals surface area contributed by atoms with Crippen LogP contribution in [0.15, 0.2) is 72.9 Å². The Morgan fingerprint density at radius 1 is 0.897 bits per heavy atom. The number of carbonyl (C=O) groups excluding carboxylic acids is 1. The van der Waals surface area contributed by atoms with E-state index in [4.69, 9.17) is 4.74 Å². The molecule has 7 heteroatoms. The lowest BCUT2D eigenvalue weighted by Gasteiger charge is -2.08. The summed E-state index contributed by atoms with van der Waals surface area (Å²) in [4.78, 5) is 24.6. The molecule has 1 N–H and O–H groups in total. The Bertz CT molecular complexity index is 1150. The van der Waals surface area contributed by atoms with Crippen molar-refractivity contribution in [3.8, 4) is 5.88 Å². The zero-order chi connectivity index (χ0) is 20.1. The van der Waals surface area contributed by atoms with E-state index in [0.29, 0.717) is 17.8 Å². The van der Waals surface area contributed by atoms with Crippen LogP contribution in [0.1, 0.15) is 21.6 Å². The molecule has 0 spiro atoms. The maximum Gasteiger partial charge on any atom is 0.270 e. The van der Waals surface area contributed by atoms with Crippen LogP contribution in [0.2, 0.25) is 0 Å². The quantitative estimate of drug-likeness (QED) is 0.510. The van der Waals surface area contributed by atoms with Crippen molar-refractivity contribution in [3.05, 3.63) is 95.7 Å². The highest BCUT2D eigenvalue weighted by atomic mass is 19.1. The van der Waals surface area contributed by atoms with Gasteiger partial charge in [-0.3, -0.25) is 9.78 Å². The van der Waals surface area contributed by atoms with E-state index in [1.165, 1.54) is 6.07 Å². The number of nitrogens with one attached hydrogen (secondary N) is 1. The fourth-order valence-corrected chi connectivity index (χ4v) is 2.74. The van der Waals surface area contributed by atoms with Crippen LogP contribution in [0.4, 0.5) is 4.39 Å². The normalized spacial score (nSPS) is 10.7. The van der Waals surface area contributed by atoms with Crippen LogP contribution >= 0.6 is 0 Å². The monoisotopic (exact) mass is 388 g/mol. The molecule has 6 nitrogen and oxygen atoms in total. The Morgan fingerprint density at radius 3 is 2.55 bits per heavy atom. The molecule has 0 saturated heterocycles. The van der Waals surface area contributed by atoms with Crippen LogP contribution in [-0.4, -0.2) is 20.9 Å². The lowest BCUT2D eigenvalue weighted by Crippen LogP contribution is -2.23. The Morgan fingerprint density at radius 2 is 1.72 bits per heavy atom. The lowest BCUT2D eigenvalue weighted by molar-refractivity contribution is 0.0946. The van der Waals surface area contributed by atoms with Gasteiger partial charge in [0.2, 0.25) is 11.8 Å². The van der Waals surface area contributed by atoms with Gasteiger partial charge in [0.05, 0.1) is 11.0 Å². The number of benzene rings is 1. The molecule has 1 amide bonds. The molecule has 3 aromatic heterocycles. The SMILES string of the molecule is O=C(NCc1ccc(COc2cccc(F)n2)cc1)c1ccc2ncccc2n1. The summed E-state index contributed by atoms with van der Waals surface area (Å²) in [5, 5.41) is 2.86. The van der Waals surface area contributed by atoms with Gasteiger partial charge in [0.25, 0.3) is 5.91 Å². The first kappa shape index (κ1) is 18.5. The van der Waals surface area contributed by atoms with Gasteiger partial charge in [-0.15, -0.1) is 0 Å². The summed E-state index contributed by atoms with van der Waals surface area (Å²) >= 11 is 0. The number of fused-ring (bicyclic) bond motifs is 1. The summed E-state index contributed by atoms with van der Waals surface area (Å²) < 4.78 is 18.5. The van der Waals surface area contributed by atoms with Crippen LogP contribution in [0.25, 0.3) is 11.0 Å². The van der Waals surface area contributed by atoms with Gasteiger partial charge in [-0.2, -0.15) is 9.37 Å². The smallest absolute Gasteiger partial charge is 0.270 e. The minimum absolute atomic E-state index is 0.236. The molecule has 1 aromatic carbocycles. The Hall–Kier alpha value is -3.87. The highest BCUT2D eigenvalue weighted by Gasteiger charge is 2.08. The number of hydrogen-bond acceptors (Lipinski definition) is 5. The largest absolute Gasteiger partial charge is 0.473 e. The van der Waals surface area contributed by atoms with E-state index in [2.05, 4.69) is 20.3 Å². The van der Waals surface area contributed by atoms with Crippen molar-refractivity contribution >= 4 is 16.9 Å². The number of aromatic nitrogens is 3. The molecule has 3 heterocycles. The molecule has 0 aliphatic carbocycles. The van der Waals surface area contributed by atoms with Gasteiger partial charge in [-0.1, -0.05) is 30.3 Å². The predicted molar refractivity (Wildman–Crippen MR) is 106 cm³/mol. The molecule has 0 bridgehead atoms. The van der Waals surface area contributed by atoms with Crippen molar-refractivity contribution in [2.75, 3.05) is 0 Å². The van der Waals surface area contributed by atoms with Crippen LogP contribution in [0.3, 0.4) is 0 Å². The second kappa shape index (κ2) is 8.43. The summed E-state index contributed by atoms with van der Waals surface area (Å²) in [7, 11) is 0. The molecule has 0 fully saturated rings. The van der Waals surface area contributed by atoms with Crippen LogP contribution < -0.4 is 10.1 Å². The number of nitrogens with zero attached hydrogens (tertiary/aromatic N) is 3. The topological polar surface area (TPSA) is 77.0 Å². The minimum atomic E-state index is -0.578. The molecule has 0 aliphatic heterocycles. The first-order valence-electron chi connectivity index (χ1n) is 9.00. The first-order valence-corrected chi connectivity index (χ1v) is 9.00. The van der Waals surface area contributed by atoms with Gasteiger partial charge in [-0.05, 0) is 41.5 Å². The molecule has 0 radical (unpaired) electrons. The van der Waals surface area contributed by atoms with Gasteiger partial charge in [0.15, 0.2) is 0 Å². The minimum Gasteiger partial charge on any atom is -0.473 e. The van der Waals surface area contributed by atoms with Crippen LogP contribution in [0.5, 0.6) is 5.88 Å². The maximum absolute atomic E-state index is 13.1. The van der Waals surface area contributed by atoms with Crippen molar-refractivity contribution in [2.45, 2.75) is 13.2 Å². The summed E-state index contributed by atoms with van der Waals surface area (Å²) in [5.74, 6) is -0.592. The first-order chi connectivity index (χ1) is 14.2. The molecule has 0 atom stereocenters. The third kappa shape index (κ3) is 4.70. The van der Waals surface area contributed by atoms with Gasteiger partial charge in [-0.25, -0.2) is 4.98 Å². The molecule has 0 aliphatic rings. The molecular formula is C22H17FN4O2. The summed E-state index contributed by atoms with van der Waals surface area (Å²) in [6, 6.07) is 19.0. The van der Waals surface area contributed by atoms with Crippen molar-refractivity contribution < 1.29 is 13.9 Å². The molecule has 0 unspecified atom stereocenters. The van der Waals surface area contributed by atoms with Gasteiger partial charge in [0, 0.05) is 18.8 Å². The molecule has 144 valence electrons. The molecular weight excluding hydrogens is 371 g/mol. The number of carbonyl (C=O) groups is 1. The summed E-state index contributed by atoms with van der Waals surface area (Å²) in [5.41, 5.74) is 3.62. The second-order valence-corrected chi connectivity index (χ2v) is 6.32. The van der Waals surface area contributed by atoms with Gasteiger partial charge in [0.1, 0.15) is 12.3 Å². The van der Waals surface area contributed by atoms with Crippen LogP contribution in [0, 0.1) is 5.95 Å². The molecule has 0 saturated carbocycles. The lowest BCUT2D eigenvalue weighted by atomic mass is 10.1. The van der Waals surface area contributed by atoms with Crippen molar-refractivity contribution in [2.24, 2.45) is 0 Å². The Labute approximate surface area is 166 Å². The van der Waals surface area contributed by atoms with E-state index in [-0.39, 0.29) is 18.4 Å². The second-order valence-electron chi connectivity index (χ2n) is 6.32. The van der Waals surface area contributed by atoms with Gasteiger partial charge >= 0.3 is 0 Å². The Balaban J connectivity index is 1.32. The number of rotatable bonds is 6. The standard InChI is InChI=1S/C22H17FN4O2/c23-20-4-1-5-21(27-20)29-14-16-8-6-15(7-9-16)13-25-22(28)19-11-10-17-18(26-19)3-2-12-24-17/h1-12H,13-14H2,(H,25,28). The third-order valence-electron chi connectivity index (χ3n) is 4.24. The highest BCUT2D eigenvalue weighted by Crippen LogP contribution is 2.12. The highest BCUT2D eigenvalue weighted by molar-refractivity contribution is 5.94. The number of halogens is 1. The number of ether oxygens (including phenoxy) is 1. The van der Waals surface area contributed by atoms with Crippen molar-refractivity contribution in [1.82, 2.24) is 20.3 Å². The average Bonchev–Trinajstić information content (AvgIpc) is 2.76. The molecule has 4 aromatic rings. The Kier molecular flexibility index (Phi) is 5.38. The average molecular weight is 388 g/mol. The predicted octanol–water partition coefficient (Wildman–Crippen LogP) is 3.67. The number of amides is 1. The van der Waals surface area contributed by atoms with E-state index >= 15 is 0 Å². The summed E-state index contributed by atoms with van der Waals surface area (Å²) in [6.07, 6.45) is 1.69. The zero-order valence-electron chi connectivity index (χ0n) is 15.4. The molecule has 29 heavy (non-hydrogen) atoms. The van der Waals surface area contributed by atoms with Crippen molar-refractivity contribution in [1.29, 1.82) is 0 Å². The molecule has 4 rings (SSSR count). The maximum atomic E-state index is 13.1. The van der Waals surface area contributed by atoms with E-state index in [1.807, 2.05) is 30.3 Å². The number of hydrogen-bond donors (Lipinski definition) is 1. The van der Waals surface area contributed by atoms with E-state index in [1.54, 1.807) is 36.5 Å². The van der Waals surface area contributed by atoms with E-state index in [9.17, 15) is 9.18 Å². The fourth-order valence-electron chi connectivity index (χ4n) is 2.74. The van der Waals surface area contributed by atoms with Crippen LogP contribution in [-0.2, 0) is 13.2 Å². The summed E-state index contributed by atoms with van der Waals surface area (Å²) in [6.45, 7) is 0.649. The zero-order valence-corrected chi connectivity index (χ0v) is 15.4.